The number of likely N-dealkylation sites (tertiary alicyclic amines) is 1. The van der Waals surface area contributed by atoms with E-state index < -0.39 is 0 Å². The van der Waals surface area contributed by atoms with Gasteiger partial charge in [0.2, 0.25) is 11.8 Å². The van der Waals surface area contributed by atoms with Crippen LogP contribution in [0.3, 0.4) is 0 Å². The number of carbonyl (C=O) groups excluding carboxylic acids is 4. The van der Waals surface area contributed by atoms with Gasteiger partial charge in [0.05, 0.1) is 6.54 Å². The van der Waals surface area contributed by atoms with Crippen molar-refractivity contribution in [1.29, 1.82) is 0 Å². The summed E-state index contributed by atoms with van der Waals surface area (Å²) in [5.41, 5.74) is 3.24. The normalized spacial score (nSPS) is 16.6. The van der Waals surface area contributed by atoms with Crippen LogP contribution in [-0.4, -0.2) is 64.5 Å². The van der Waals surface area contributed by atoms with Crippen molar-refractivity contribution < 1.29 is 19.2 Å². The van der Waals surface area contributed by atoms with Gasteiger partial charge in [-0.25, -0.2) is 0 Å². The summed E-state index contributed by atoms with van der Waals surface area (Å²) in [7, 11) is 0. The largest absolute Gasteiger partial charge is 0.335 e. The third kappa shape index (κ3) is 4.56. The van der Waals surface area contributed by atoms with Crippen molar-refractivity contribution in [1.82, 2.24) is 14.7 Å². The van der Waals surface area contributed by atoms with Crippen molar-refractivity contribution in [2.24, 2.45) is 0 Å². The maximum absolute atomic E-state index is 12.9. The Morgan fingerprint density at radius 1 is 0.688 bits per heavy atom. The summed E-state index contributed by atoms with van der Waals surface area (Å²) in [6.07, 6.45) is 1.48. The van der Waals surface area contributed by atoms with Crippen LogP contribution in [0.25, 0.3) is 0 Å². The first-order valence-electron chi connectivity index (χ1n) is 11.1. The average Bonchev–Trinajstić information content (AvgIpc) is 3.16. The monoisotopic (exact) mass is 433 g/mol. The molecule has 32 heavy (non-hydrogen) atoms. The van der Waals surface area contributed by atoms with Crippen molar-refractivity contribution in [3.05, 3.63) is 70.8 Å². The molecule has 2 aromatic carbocycles. The number of nitrogens with zero attached hydrogens (tertiary/aromatic N) is 3. The van der Waals surface area contributed by atoms with E-state index in [1.54, 1.807) is 34.1 Å². The molecule has 4 amide bonds. The van der Waals surface area contributed by atoms with E-state index in [1.165, 1.54) is 10.5 Å². The van der Waals surface area contributed by atoms with Gasteiger partial charge in [-0.1, -0.05) is 31.2 Å². The predicted octanol–water partition coefficient (Wildman–Crippen LogP) is 2.50. The molecule has 0 radical (unpaired) electrons. The Morgan fingerprint density at radius 2 is 1.09 bits per heavy atom. The Hall–Kier alpha value is -3.48. The Labute approximate surface area is 187 Å². The summed E-state index contributed by atoms with van der Waals surface area (Å²) in [5.74, 6) is -0.382. The molecule has 0 aromatic heterocycles. The lowest BCUT2D eigenvalue weighted by atomic mass is 10.1. The van der Waals surface area contributed by atoms with Gasteiger partial charge in [0.1, 0.15) is 0 Å². The van der Waals surface area contributed by atoms with Gasteiger partial charge >= 0.3 is 0 Å². The van der Waals surface area contributed by atoms with E-state index in [4.69, 9.17) is 0 Å². The highest BCUT2D eigenvalue weighted by Gasteiger charge is 2.29. The molecule has 0 saturated carbocycles. The number of carbonyl (C=O) groups is 4. The van der Waals surface area contributed by atoms with Gasteiger partial charge in [-0.3, -0.25) is 24.1 Å². The SMILES string of the molecule is CCc1ccc(C(=O)N2CCN(C(=O)c3ccc(CN4C(=O)CCC4=O)cc3)CC2)cc1. The smallest absolute Gasteiger partial charge is 0.253 e. The molecule has 0 spiro atoms. The van der Waals surface area contributed by atoms with Crippen molar-refractivity contribution in [2.75, 3.05) is 26.2 Å². The van der Waals surface area contributed by atoms with Gasteiger partial charge in [0.15, 0.2) is 0 Å². The third-order valence-corrected chi connectivity index (χ3v) is 6.16. The van der Waals surface area contributed by atoms with Crippen molar-refractivity contribution in [3.8, 4) is 0 Å². The fourth-order valence-electron chi connectivity index (χ4n) is 4.10. The topological polar surface area (TPSA) is 78.0 Å². The maximum atomic E-state index is 12.9. The van der Waals surface area contributed by atoms with E-state index in [0.717, 1.165) is 12.0 Å². The Morgan fingerprint density at radius 3 is 1.50 bits per heavy atom. The molecule has 2 aromatic rings. The number of rotatable bonds is 5. The van der Waals surface area contributed by atoms with E-state index in [-0.39, 0.29) is 43.0 Å². The first kappa shape index (κ1) is 21.7. The van der Waals surface area contributed by atoms with E-state index in [9.17, 15) is 19.2 Å². The Kier molecular flexibility index (Phi) is 6.35. The Balaban J connectivity index is 1.32. The van der Waals surface area contributed by atoms with Gasteiger partial charge in [-0.2, -0.15) is 0 Å². The van der Waals surface area contributed by atoms with Crippen LogP contribution in [0.15, 0.2) is 48.5 Å². The summed E-state index contributed by atoms with van der Waals surface area (Å²) in [6, 6.07) is 14.7. The second-order valence-corrected chi connectivity index (χ2v) is 8.21. The molecular formula is C25H27N3O4. The van der Waals surface area contributed by atoms with Crippen LogP contribution in [0.1, 0.15) is 51.6 Å². The van der Waals surface area contributed by atoms with Gasteiger partial charge in [0.25, 0.3) is 11.8 Å². The lowest BCUT2D eigenvalue weighted by molar-refractivity contribution is -0.139. The Bertz CT molecular complexity index is 1010. The molecule has 2 aliphatic heterocycles. The standard InChI is InChI=1S/C25H27N3O4/c1-2-18-3-7-20(8-4-18)24(31)26-13-15-27(16-14-26)25(32)21-9-5-19(6-10-21)17-28-22(29)11-12-23(28)30/h3-10H,2,11-17H2,1H3. The quantitative estimate of drug-likeness (QED) is 0.679. The molecule has 2 fully saturated rings. The highest BCUT2D eigenvalue weighted by atomic mass is 16.2. The van der Waals surface area contributed by atoms with Crippen LogP contribution in [0.4, 0.5) is 0 Å². The van der Waals surface area contributed by atoms with E-state index in [0.29, 0.717) is 37.3 Å². The molecule has 2 saturated heterocycles. The highest BCUT2D eigenvalue weighted by Crippen LogP contribution is 2.18. The number of hydrogen-bond acceptors (Lipinski definition) is 4. The predicted molar refractivity (Wildman–Crippen MR) is 119 cm³/mol. The summed E-state index contributed by atoms with van der Waals surface area (Å²) in [5, 5.41) is 0. The van der Waals surface area contributed by atoms with Gasteiger partial charge in [0, 0.05) is 50.1 Å². The third-order valence-electron chi connectivity index (χ3n) is 6.16. The van der Waals surface area contributed by atoms with Crippen LogP contribution in [0.5, 0.6) is 0 Å². The molecular weight excluding hydrogens is 406 g/mol. The zero-order valence-corrected chi connectivity index (χ0v) is 18.3. The average molecular weight is 434 g/mol. The second kappa shape index (κ2) is 9.34. The van der Waals surface area contributed by atoms with E-state index >= 15 is 0 Å². The molecule has 2 heterocycles. The van der Waals surface area contributed by atoms with Gasteiger partial charge in [-0.05, 0) is 41.8 Å². The zero-order chi connectivity index (χ0) is 22.7. The molecule has 0 aliphatic carbocycles. The molecule has 7 nitrogen and oxygen atoms in total. The molecule has 2 aliphatic rings. The fraction of sp³-hybridized carbons (Fsp3) is 0.360. The number of benzene rings is 2. The number of aryl methyl sites for hydroxylation is 1. The van der Waals surface area contributed by atoms with E-state index in [2.05, 4.69) is 6.92 Å². The number of amides is 4. The van der Waals surface area contributed by atoms with Crippen LogP contribution >= 0.6 is 0 Å². The lowest BCUT2D eigenvalue weighted by Crippen LogP contribution is -2.50. The minimum absolute atomic E-state index is 0.00453. The van der Waals surface area contributed by atoms with Crippen LogP contribution in [0, 0.1) is 0 Å². The second-order valence-electron chi connectivity index (χ2n) is 8.21. The lowest BCUT2D eigenvalue weighted by Gasteiger charge is -2.35. The first-order valence-corrected chi connectivity index (χ1v) is 11.1. The molecule has 0 bridgehead atoms. The number of piperazine rings is 1. The summed E-state index contributed by atoms with van der Waals surface area (Å²) >= 11 is 0. The van der Waals surface area contributed by atoms with Crippen molar-refractivity contribution in [3.63, 3.8) is 0 Å². The number of imide groups is 1. The molecule has 7 heteroatoms. The van der Waals surface area contributed by atoms with Gasteiger partial charge in [-0.15, -0.1) is 0 Å². The first-order chi connectivity index (χ1) is 15.5. The van der Waals surface area contributed by atoms with Crippen molar-refractivity contribution >= 4 is 23.6 Å². The van der Waals surface area contributed by atoms with Crippen LogP contribution in [0.2, 0.25) is 0 Å². The molecule has 0 atom stereocenters. The van der Waals surface area contributed by atoms with Crippen LogP contribution in [-0.2, 0) is 22.6 Å². The molecule has 166 valence electrons. The van der Waals surface area contributed by atoms with E-state index in [1.807, 2.05) is 24.3 Å². The zero-order valence-electron chi connectivity index (χ0n) is 18.3. The molecule has 0 N–H and O–H groups in total. The molecule has 4 rings (SSSR count). The summed E-state index contributed by atoms with van der Waals surface area (Å²) in [4.78, 5) is 54.0. The van der Waals surface area contributed by atoms with Crippen LogP contribution < -0.4 is 0 Å². The minimum Gasteiger partial charge on any atom is -0.335 e. The fourth-order valence-corrected chi connectivity index (χ4v) is 4.10. The summed E-state index contributed by atoms with van der Waals surface area (Å²) in [6.45, 7) is 4.28. The molecule has 0 unspecified atom stereocenters. The van der Waals surface area contributed by atoms with Gasteiger partial charge < -0.3 is 9.80 Å². The summed E-state index contributed by atoms with van der Waals surface area (Å²) < 4.78 is 0. The highest BCUT2D eigenvalue weighted by molar-refractivity contribution is 6.02. The maximum Gasteiger partial charge on any atom is 0.253 e. The minimum atomic E-state index is -0.149. The van der Waals surface area contributed by atoms with Crippen molar-refractivity contribution in [2.45, 2.75) is 32.7 Å². The number of hydrogen-bond donors (Lipinski definition) is 0.